The van der Waals surface area contributed by atoms with E-state index in [1.807, 2.05) is 18.2 Å². The standard InChI is InChI=1S/C21H32N4O2/c1-15(2)14-26-17-9-7-8-16(10-17)11-24-20(22-6)25-13-19-23-12-18(27-19)21(3,4)5/h7-10,12,15H,11,13-14H2,1-6H3,(H2,22,24,25). The highest BCUT2D eigenvalue weighted by Crippen LogP contribution is 2.22. The summed E-state index contributed by atoms with van der Waals surface area (Å²) in [6, 6.07) is 8.09. The first-order valence-corrected chi connectivity index (χ1v) is 9.39. The van der Waals surface area contributed by atoms with Gasteiger partial charge in [0.2, 0.25) is 5.89 Å². The van der Waals surface area contributed by atoms with Crippen LogP contribution in [0.4, 0.5) is 0 Å². The van der Waals surface area contributed by atoms with Gasteiger partial charge in [-0.2, -0.15) is 0 Å². The van der Waals surface area contributed by atoms with Crippen molar-refractivity contribution in [3.63, 3.8) is 0 Å². The van der Waals surface area contributed by atoms with Gasteiger partial charge in [0.25, 0.3) is 0 Å². The van der Waals surface area contributed by atoms with Crippen LogP contribution in [0.15, 0.2) is 39.9 Å². The van der Waals surface area contributed by atoms with Crippen molar-refractivity contribution in [2.75, 3.05) is 13.7 Å². The minimum absolute atomic E-state index is 0.0478. The van der Waals surface area contributed by atoms with Gasteiger partial charge in [-0.3, -0.25) is 4.99 Å². The zero-order valence-corrected chi connectivity index (χ0v) is 17.3. The van der Waals surface area contributed by atoms with Crippen LogP contribution in [0.1, 0.15) is 51.8 Å². The molecule has 0 saturated carbocycles. The van der Waals surface area contributed by atoms with Crippen LogP contribution >= 0.6 is 0 Å². The normalized spacial score (nSPS) is 12.3. The van der Waals surface area contributed by atoms with E-state index in [9.17, 15) is 0 Å². The highest BCUT2D eigenvalue weighted by atomic mass is 16.5. The Morgan fingerprint density at radius 3 is 2.59 bits per heavy atom. The van der Waals surface area contributed by atoms with Crippen LogP contribution in [0.25, 0.3) is 0 Å². The van der Waals surface area contributed by atoms with Crippen LogP contribution in [-0.4, -0.2) is 24.6 Å². The summed E-state index contributed by atoms with van der Waals surface area (Å²) in [7, 11) is 1.74. The van der Waals surface area contributed by atoms with Crippen molar-refractivity contribution < 1.29 is 9.15 Å². The fourth-order valence-corrected chi connectivity index (χ4v) is 2.31. The molecule has 0 saturated heterocycles. The van der Waals surface area contributed by atoms with E-state index in [0.717, 1.165) is 17.1 Å². The van der Waals surface area contributed by atoms with E-state index >= 15 is 0 Å². The lowest BCUT2D eigenvalue weighted by Crippen LogP contribution is -2.36. The Balaban J connectivity index is 1.85. The van der Waals surface area contributed by atoms with E-state index in [4.69, 9.17) is 9.15 Å². The Morgan fingerprint density at radius 1 is 1.22 bits per heavy atom. The van der Waals surface area contributed by atoms with Gasteiger partial charge in [-0.1, -0.05) is 46.8 Å². The highest BCUT2D eigenvalue weighted by Gasteiger charge is 2.19. The molecule has 27 heavy (non-hydrogen) atoms. The van der Waals surface area contributed by atoms with Gasteiger partial charge in [-0.25, -0.2) is 4.98 Å². The first-order chi connectivity index (χ1) is 12.8. The number of aromatic nitrogens is 1. The molecule has 6 heteroatoms. The van der Waals surface area contributed by atoms with Crippen molar-refractivity contribution in [3.8, 4) is 5.75 Å². The van der Waals surface area contributed by atoms with Gasteiger partial charge in [0, 0.05) is 19.0 Å². The molecule has 0 aliphatic carbocycles. The SMILES string of the molecule is CN=C(NCc1cccc(OCC(C)C)c1)NCc1ncc(C(C)(C)C)o1. The van der Waals surface area contributed by atoms with E-state index in [0.29, 0.717) is 37.5 Å². The summed E-state index contributed by atoms with van der Waals surface area (Å²) in [6.07, 6.45) is 1.79. The number of aliphatic imine (C=N–C) groups is 1. The fraction of sp³-hybridized carbons (Fsp3) is 0.524. The number of nitrogens with zero attached hydrogens (tertiary/aromatic N) is 2. The largest absolute Gasteiger partial charge is 0.493 e. The van der Waals surface area contributed by atoms with E-state index in [-0.39, 0.29) is 5.41 Å². The van der Waals surface area contributed by atoms with Crippen LogP contribution in [0.2, 0.25) is 0 Å². The van der Waals surface area contributed by atoms with Crippen LogP contribution in [0.5, 0.6) is 5.75 Å². The van der Waals surface area contributed by atoms with Crippen molar-refractivity contribution in [2.24, 2.45) is 10.9 Å². The maximum Gasteiger partial charge on any atom is 0.213 e. The third kappa shape index (κ3) is 6.96. The summed E-state index contributed by atoms with van der Waals surface area (Å²) >= 11 is 0. The number of hydrogen-bond acceptors (Lipinski definition) is 4. The molecule has 0 bridgehead atoms. The first kappa shape index (κ1) is 20.8. The molecule has 2 rings (SSSR count). The van der Waals surface area contributed by atoms with Gasteiger partial charge in [-0.05, 0) is 23.6 Å². The van der Waals surface area contributed by atoms with Gasteiger partial charge in [0.15, 0.2) is 5.96 Å². The molecule has 0 atom stereocenters. The Morgan fingerprint density at radius 2 is 1.96 bits per heavy atom. The Bertz CT molecular complexity index is 745. The zero-order chi connectivity index (χ0) is 19.9. The molecule has 0 amide bonds. The molecule has 1 heterocycles. The Kier molecular flexibility index (Phi) is 7.28. The predicted octanol–water partition coefficient (Wildman–Crippen LogP) is 3.87. The van der Waals surface area contributed by atoms with E-state index < -0.39 is 0 Å². The van der Waals surface area contributed by atoms with E-state index in [2.05, 4.69) is 61.3 Å². The maximum atomic E-state index is 5.79. The van der Waals surface area contributed by atoms with E-state index in [1.165, 1.54) is 0 Å². The highest BCUT2D eigenvalue weighted by molar-refractivity contribution is 5.79. The van der Waals surface area contributed by atoms with Gasteiger partial charge in [-0.15, -0.1) is 0 Å². The van der Waals surface area contributed by atoms with Gasteiger partial charge >= 0.3 is 0 Å². The summed E-state index contributed by atoms with van der Waals surface area (Å²) < 4.78 is 11.6. The molecule has 1 aromatic carbocycles. The molecule has 0 unspecified atom stereocenters. The number of nitrogens with one attached hydrogen (secondary N) is 2. The van der Waals surface area contributed by atoms with Gasteiger partial charge in [0.05, 0.1) is 19.3 Å². The van der Waals surface area contributed by atoms with Crippen LogP contribution in [0.3, 0.4) is 0 Å². The van der Waals surface area contributed by atoms with Crippen LogP contribution < -0.4 is 15.4 Å². The van der Waals surface area contributed by atoms with Crippen molar-refractivity contribution in [2.45, 2.75) is 53.1 Å². The number of oxazole rings is 1. The summed E-state index contributed by atoms with van der Waals surface area (Å²) in [4.78, 5) is 8.57. The number of ether oxygens (including phenoxy) is 1. The van der Waals surface area contributed by atoms with Gasteiger partial charge in [0.1, 0.15) is 11.5 Å². The lowest BCUT2D eigenvalue weighted by molar-refractivity contribution is 0.271. The first-order valence-electron chi connectivity index (χ1n) is 9.39. The summed E-state index contributed by atoms with van der Waals surface area (Å²) in [6.45, 7) is 12.4. The van der Waals surface area contributed by atoms with Crippen molar-refractivity contribution in [1.82, 2.24) is 15.6 Å². The molecule has 2 N–H and O–H groups in total. The molecule has 6 nitrogen and oxygen atoms in total. The molecule has 0 spiro atoms. The van der Waals surface area contributed by atoms with Crippen molar-refractivity contribution in [3.05, 3.63) is 47.7 Å². The lowest BCUT2D eigenvalue weighted by atomic mass is 9.94. The maximum absolute atomic E-state index is 5.79. The molecule has 0 fully saturated rings. The van der Waals surface area contributed by atoms with Crippen LogP contribution in [0, 0.1) is 5.92 Å². The molecule has 0 radical (unpaired) electrons. The Labute approximate surface area is 162 Å². The predicted molar refractivity (Wildman–Crippen MR) is 109 cm³/mol. The molecule has 0 aliphatic rings. The Hall–Kier alpha value is -2.50. The van der Waals surface area contributed by atoms with Gasteiger partial charge < -0.3 is 19.8 Å². The number of benzene rings is 1. The average Bonchev–Trinajstić information content (AvgIpc) is 3.10. The van der Waals surface area contributed by atoms with Crippen molar-refractivity contribution >= 4 is 5.96 Å². The molecule has 0 aliphatic heterocycles. The number of rotatable bonds is 7. The average molecular weight is 373 g/mol. The molecule has 148 valence electrons. The second-order valence-corrected chi connectivity index (χ2v) is 8.00. The molecule has 1 aromatic heterocycles. The monoisotopic (exact) mass is 372 g/mol. The topological polar surface area (TPSA) is 71.7 Å². The smallest absolute Gasteiger partial charge is 0.213 e. The lowest BCUT2D eigenvalue weighted by Gasteiger charge is -2.14. The number of guanidine groups is 1. The molecular weight excluding hydrogens is 340 g/mol. The summed E-state index contributed by atoms with van der Waals surface area (Å²) in [5.74, 6) is 3.61. The minimum Gasteiger partial charge on any atom is -0.493 e. The third-order valence-corrected chi connectivity index (χ3v) is 3.87. The molecular formula is C21H32N4O2. The minimum atomic E-state index is -0.0478. The second-order valence-electron chi connectivity index (χ2n) is 8.00. The van der Waals surface area contributed by atoms with Crippen LogP contribution in [-0.2, 0) is 18.5 Å². The fourth-order valence-electron chi connectivity index (χ4n) is 2.31. The van der Waals surface area contributed by atoms with E-state index in [1.54, 1.807) is 13.2 Å². The summed E-state index contributed by atoms with van der Waals surface area (Å²) in [5.41, 5.74) is 1.08. The number of hydrogen-bond donors (Lipinski definition) is 2. The quantitative estimate of drug-likeness (QED) is 0.570. The summed E-state index contributed by atoms with van der Waals surface area (Å²) in [5, 5.41) is 6.53. The third-order valence-electron chi connectivity index (χ3n) is 3.87. The second kappa shape index (κ2) is 9.44. The zero-order valence-electron chi connectivity index (χ0n) is 17.3. The molecule has 2 aromatic rings. The van der Waals surface area contributed by atoms with Crippen molar-refractivity contribution in [1.29, 1.82) is 0 Å².